The first kappa shape index (κ1) is 14.3. The molecule has 0 bridgehead atoms. The smallest absolute Gasteiger partial charge is 0.160 e. The van der Waals surface area contributed by atoms with Gasteiger partial charge in [0.05, 0.1) is 5.88 Å². The van der Waals surface area contributed by atoms with Gasteiger partial charge in [0.25, 0.3) is 0 Å². The minimum absolute atomic E-state index is 0.417. The van der Waals surface area contributed by atoms with Gasteiger partial charge in [0.1, 0.15) is 11.3 Å². The van der Waals surface area contributed by atoms with Crippen molar-refractivity contribution in [3.8, 4) is 0 Å². The van der Waals surface area contributed by atoms with Crippen LogP contribution in [0, 0.1) is 6.92 Å². The second-order valence-corrected chi connectivity index (χ2v) is 5.51. The third-order valence-electron chi connectivity index (χ3n) is 3.48. The van der Waals surface area contributed by atoms with E-state index < -0.39 is 0 Å². The molecule has 2 aromatic rings. The number of halogens is 1. The zero-order chi connectivity index (χ0) is 14.0. The van der Waals surface area contributed by atoms with Crippen molar-refractivity contribution in [1.29, 1.82) is 0 Å². The molecule has 0 amide bonds. The predicted octanol–water partition coefficient (Wildman–Crippen LogP) is 2.82. The summed E-state index contributed by atoms with van der Waals surface area (Å²) in [6.45, 7) is 8.23. The van der Waals surface area contributed by atoms with Crippen molar-refractivity contribution < 1.29 is 0 Å². The Hall–Kier alpha value is -1.13. The van der Waals surface area contributed by atoms with E-state index in [4.69, 9.17) is 11.6 Å². The van der Waals surface area contributed by atoms with E-state index in [0.717, 1.165) is 35.6 Å². The first-order chi connectivity index (χ1) is 9.02. The maximum atomic E-state index is 6.00. The number of hydrogen-bond donors (Lipinski definition) is 0. The van der Waals surface area contributed by atoms with Gasteiger partial charge >= 0.3 is 0 Å². The molecule has 0 unspecified atom stereocenters. The number of imidazole rings is 1. The number of fused-ring (bicyclic) bond motifs is 1. The highest BCUT2D eigenvalue weighted by Crippen LogP contribution is 2.16. The van der Waals surface area contributed by atoms with Crippen molar-refractivity contribution in [2.75, 3.05) is 13.6 Å². The van der Waals surface area contributed by atoms with Crippen molar-refractivity contribution >= 4 is 22.8 Å². The monoisotopic (exact) mass is 280 g/mol. The van der Waals surface area contributed by atoms with Crippen LogP contribution in [0.15, 0.2) is 12.3 Å². The van der Waals surface area contributed by atoms with E-state index in [0.29, 0.717) is 11.9 Å². The van der Waals surface area contributed by atoms with Crippen LogP contribution in [0.25, 0.3) is 11.2 Å². The van der Waals surface area contributed by atoms with E-state index in [9.17, 15) is 0 Å². The Morgan fingerprint density at radius 2 is 2.16 bits per heavy atom. The molecule has 0 aliphatic carbocycles. The molecule has 5 heteroatoms. The van der Waals surface area contributed by atoms with Crippen molar-refractivity contribution in [2.24, 2.45) is 0 Å². The van der Waals surface area contributed by atoms with Gasteiger partial charge in [-0.2, -0.15) is 0 Å². The molecule has 19 heavy (non-hydrogen) atoms. The topological polar surface area (TPSA) is 34.0 Å². The van der Waals surface area contributed by atoms with Crippen LogP contribution in [0.5, 0.6) is 0 Å². The fraction of sp³-hybridized carbons (Fsp3) is 0.571. The molecule has 0 saturated heterocycles. The average Bonchev–Trinajstić information content (AvgIpc) is 2.72. The molecule has 0 atom stereocenters. The summed E-state index contributed by atoms with van der Waals surface area (Å²) in [5.41, 5.74) is 2.99. The normalized spacial score (nSPS) is 11.9. The lowest BCUT2D eigenvalue weighted by atomic mass is 10.3. The molecule has 2 rings (SSSR count). The van der Waals surface area contributed by atoms with Gasteiger partial charge in [-0.15, -0.1) is 11.6 Å². The minimum atomic E-state index is 0.417. The van der Waals surface area contributed by atoms with E-state index in [-0.39, 0.29) is 0 Å². The second-order valence-electron chi connectivity index (χ2n) is 5.24. The fourth-order valence-electron chi connectivity index (χ4n) is 2.01. The zero-order valence-electron chi connectivity index (χ0n) is 12.0. The van der Waals surface area contributed by atoms with E-state index in [2.05, 4.69) is 46.4 Å². The van der Waals surface area contributed by atoms with Gasteiger partial charge in [0, 0.05) is 25.3 Å². The number of rotatable bonds is 5. The molecule has 0 N–H and O–H groups in total. The lowest BCUT2D eigenvalue weighted by Crippen LogP contribution is -2.30. The summed E-state index contributed by atoms with van der Waals surface area (Å²) >= 11 is 6.00. The maximum Gasteiger partial charge on any atom is 0.160 e. The molecule has 0 aromatic carbocycles. The molecule has 0 aliphatic rings. The Morgan fingerprint density at radius 1 is 1.42 bits per heavy atom. The van der Waals surface area contributed by atoms with Crippen LogP contribution in [0.4, 0.5) is 0 Å². The number of alkyl halides is 1. The number of aromatic nitrogens is 3. The molecule has 104 valence electrons. The SMILES string of the molecule is Cc1cnc2c(c1)nc(CCl)n2CCN(C)C(C)C. The Morgan fingerprint density at radius 3 is 2.79 bits per heavy atom. The van der Waals surface area contributed by atoms with E-state index >= 15 is 0 Å². The van der Waals surface area contributed by atoms with Crippen LogP contribution in [-0.2, 0) is 12.4 Å². The van der Waals surface area contributed by atoms with Gasteiger partial charge in [-0.25, -0.2) is 9.97 Å². The van der Waals surface area contributed by atoms with E-state index in [1.807, 2.05) is 13.1 Å². The molecule has 4 nitrogen and oxygen atoms in total. The molecule has 0 radical (unpaired) electrons. The molecular weight excluding hydrogens is 260 g/mol. The quantitative estimate of drug-likeness (QED) is 0.790. The van der Waals surface area contributed by atoms with Crippen LogP contribution in [0.1, 0.15) is 25.2 Å². The molecule has 0 saturated carbocycles. The summed E-state index contributed by atoms with van der Waals surface area (Å²) in [5.74, 6) is 1.31. The summed E-state index contributed by atoms with van der Waals surface area (Å²) in [6, 6.07) is 2.59. The fourth-order valence-corrected chi connectivity index (χ4v) is 2.22. The number of likely N-dealkylation sites (N-methyl/N-ethyl adjacent to an activating group) is 1. The highest BCUT2D eigenvalue weighted by atomic mass is 35.5. The van der Waals surface area contributed by atoms with Crippen LogP contribution in [0.3, 0.4) is 0 Å². The van der Waals surface area contributed by atoms with Crippen LogP contribution < -0.4 is 0 Å². The van der Waals surface area contributed by atoms with E-state index in [1.165, 1.54) is 0 Å². The first-order valence-corrected chi connectivity index (χ1v) is 7.14. The molecule has 0 aliphatic heterocycles. The summed E-state index contributed by atoms with van der Waals surface area (Å²) < 4.78 is 2.13. The molecular formula is C14H21ClN4. The molecule has 0 fully saturated rings. The average molecular weight is 281 g/mol. The molecule has 2 aromatic heterocycles. The highest BCUT2D eigenvalue weighted by Gasteiger charge is 2.12. The third kappa shape index (κ3) is 3.07. The molecule has 2 heterocycles. The summed E-state index contributed by atoms with van der Waals surface area (Å²) in [5, 5.41) is 0. The lowest BCUT2D eigenvalue weighted by Gasteiger charge is -2.21. The van der Waals surface area contributed by atoms with Gasteiger partial charge in [-0.1, -0.05) is 0 Å². The van der Waals surface area contributed by atoms with Crippen LogP contribution in [0.2, 0.25) is 0 Å². The number of aryl methyl sites for hydroxylation is 1. The lowest BCUT2D eigenvalue weighted by molar-refractivity contribution is 0.263. The zero-order valence-corrected chi connectivity index (χ0v) is 12.8. The first-order valence-electron chi connectivity index (χ1n) is 6.61. The van der Waals surface area contributed by atoms with Crippen molar-refractivity contribution in [3.05, 3.63) is 23.7 Å². The van der Waals surface area contributed by atoms with Gasteiger partial charge in [0.2, 0.25) is 0 Å². The van der Waals surface area contributed by atoms with Crippen LogP contribution >= 0.6 is 11.6 Å². The Kier molecular flexibility index (Phi) is 4.42. The summed E-state index contributed by atoms with van der Waals surface area (Å²) in [6.07, 6.45) is 1.88. The van der Waals surface area contributed by atoms with Gasteiger partial charge < -0.3 is 9.47 Å². The van der Waals surface area contributed by atoms with E-state index in [1.54, 1.807) is 0 Å². The standard InChI is InChI=1S/C14H21ClN4/c1-10(2)18(4)5-6-19-13(8-15)17-12-7-11(3)9-16-14(12)19/h7,9-10H,5-6,8H2,1-4H3. The van der Waals surface area contributed by atoms with Crippen molar-refractivity contribution in [3.63, 3.8) is 0 Å². The van der Waals surface area contributed by atoms with Crippen molar-refractivity contribution in [2.45, 2.75) is 39.2 Å². The largest absolute Gasteiger partial charge is 0.310 e. The summed E-state index contributed by atoms with van der Waals surface area (Å²) in [7, 11) is 2.13. The minimum Gasteiger partial charge on any atom is -0.310 e. The Labute approximate surface area is 119 Å². The van der Waals surface area contributed by atoms with Crippen LogP contribution in [-0.4, -0.2) is 39.1 Å². The second kappa shape index (κ2) is 5.88. The highest BCUT2D eigenvalue weighted by molar-refractivity contribution is 6.16. The Bertz CT molecular complexity index is 562. The number of hydrogen-bond acceptors (Lipinski definition) is 3. The predicted molar refractivity (Wildman–Crippen MR) is 79.6 cm³/mol. The van der Waals surface area contributed by atoms with Gasteiger partial charge in [-0.05, 0) is 39.4 Å². The number of nitrogens with zero attached hydrogens (tertiary/aromatic N) is 4. The van der Waals surface area contributed by atoms with Crippen molar-refractivity contribution in [1.82, 2.24) is 19.4 Å². The Balaban J connectivity index is 2.30. The van der Waals surface area contributed by atoms with Gasteiger partial charge in [-0.3, -0.25) is 0 Å². The third-order valence-corrected chi connectivity index (χ3v) is 3.72. The maximum absolute atomic E-state index is 6.00. The summed E-state index contributed by atoms with van der Waals surface area (Å²) in [4.78, 5) is 11.4. The number of pyridine rings is 1. The van der Waals surface area contributed by atoms with Gasteiger partial charge in [0.15, 0.2) is 5.65 Å². The molecule has 0 spiro atoms.